The molecule has 0 aliphatic heterocycles. The van der Waals surface area contributed by atoms with E-state index in [1.54, 1.807) is 24.3 Å². The lowest BCUT2D eigenvalue weighted by Crippen LogP contribution is -1.75. The number of aromatic hydroxyl groups is 1. The summed E-state index contributed by atoms with van der Waals surface area (Å²) in [4.78, 5) is 14.5. The summed E-state index contributed by atoms with van der Waals surface area (Å²) in [6.07, 6.45) is 0. The van der Waals surface area contributed by atoms with E-state index in [0.29, 0.717) is 5.75 Å². The van der Waals surface area contributed by atoms with Crippen LogP contribution < -0.4 is 0 Å². The van der Waals surface area contributed by atoms with Crippen molar-refractivity contribution in [2.75, 3.05) is 0 Å². The fourth-order valence-electron chi connectivity index (χ4n) is 0.428. The van der Waals surface area contributed by atoms with Gasteiger partial charge in [0.05, 0.1) is 0 Å². The SMILES string of the molecule is O[SiH2]O.Oc1ccccc1. The Labute approximate surface area is 61.6 Å². The van der Waals surface area contributed by atoms with Gasteiger partial charge in [-0.1, -0.05) is 18.2 Å². The smallest absolute Gasteiger partial charge is 0.299 e. The minimum atomic E-state index is -1.58. The number of phenols is 1. The van der Waals surface area contributed by atoms with Crippen molar-refractivity contribution < 1.29 is 14.7 Å². The molecule has 0 heterocycles. The summed E-state index contributed by atoms with van der Waals surface area (Å²) in [6.45, 7) is 0. The molecule has 1 aromatic carbocycles. The van der Waals surface area contributed by atoms with Crippen molar-refractivity contribution in [3.8, 4) is 5.75 Å². The summed E-state index contributed by atoms with van der Waals surface area (Å²) >= 11 is 0. The van der Waals surface area contributed by atoms with Gasteiger partial charge < -0.3 is 14.7 Å². The topological polar surface area (TPSA) is 60.7 Å². The summed E-state index contributed by atoms with van der Waals surface area (Å²) < 4.78 is 0. The van der Waals surface area contributed by atoms with Crippen LogP contribution in [0, 0.1) is 0 Å². The zero-order valence-electron chi connectivity index (χ0n) is 5.44. The Morgan fingerprint density at radius 3 is 1.60 bits per heavy atom. The molecular weight excluding hydrogens is 148 g/mol. The monoisotopic (exact) mass is 158 g/mol. The zero-order chi connectivity index (χ0) is 7.82. The molecule has 0 fully saturated rings. The van der Waals surface area contributed by atoms with Gasteiger partial charge in [0.25, 0.3) is 10.0 Å². The average Bonchev–Trinajstić information content (AvgIpc) is 1.91. The molecule has 0 bridgehead atoms. The summed E-state index contributed by atoms with van der Waals surface area (Å²) in [5.74, 6) is 0.322. The molecule has 1 rings (SSSR count). The fraction of sp³-hybridized carbons (Fsp3) is 0. The maximum absolute atomic E-state index is 8.63. The largest absolute Gasteiger partial charge is 0.508 e. The first-order chi connectivity index (χ1) is 4.81. The van der Waals surface area contributed by atoms with Crippen LogP contribution in [0.4, 0.5) is 0 Å². The number of hydrogen-bond donors (Lipinski definition) is 3. The number of phenolic OH excluding ortho intramolecular Hbond substituents is 1. The Bertz CT molecular complexity index is 154. The van der Waals surface area contributed by atoms with E-state index in [-0.39, 0.29) is 0 Å². The third kappa shape index (κ3) is 5.30. The highest BCUT2D eigenvalue weighted by Crippen LogP contribution is 2.02. The molecule has 0 amide bonds. The quantitative estimate of drug-likeness (QED) is 0.440. The highest BCUT2D eigenvalue weighted by Gasteiger charge is 1.74. The van der Waals surface area contributed by atoms with Gasteiger partial charge in [-0.3, -0.25) is 0 Å². The predicted molar refractivity (Wildman–Crippen MR) is 41.1 cm³/mol. The first-order valence-corrected chi connectivity index (χ1v) is 4.03. The standard InChI is InChI=1S/C6H6O.H4O2Si/c7-6-4-2-1-3-5-6;1-3-2/h1-5,7H;1-2H,3H2. The molecule has 0 saturated heterocycles. The van der Waals surface area contributed by atoms with Crippen LogP contribution in [-0.4, -0.2) is 24.7 Å². The van der Waals surface area contributed by atoms with Crippen LogP contribution in [0.2, 0.25) is 0 Å². The predicted octanol–water partition coefficient (Wildman–Crippen LogP) is -0.638. The van der Waals surface area contributed by atoms with Crippen molar-refractivity contribution in [3.63, 3.8) is 0 Å². The van der Waals surface area contributed by atoms with Crippen molar-refractivity contribution in [2.45, 2.75) is 0 Å². The average molecular weight is 158 g/mol. The molecule has 0 radical (unpaired) electrons. The van der Waals surface area contributed by atoms with Gasteiger partial charge in [-0.15, -0.1) is 0 Å². The van der Waals surface area contributed by atoms with E-state index in [1.165, 1.54) is 0 Å². The summed E-state index contributed by atoms with van der Waals surface area (Å²) in [5, 5.41) is 8.63. The lowest BCUT2D eigenvalue weighted by Gasteiger charge is -1.82. The van der Waals surface area contributed by atoms with E-state index in [9.17, 15) is 0 Å². The Kier molecular flexibility index (Phi) is 5.75. The van der Waals surface area contributed by atoms with E-state index in [4.69, 9.17) is 14.7 Å². The van der Waals surface area contributed by atoms with E-state index in [2.05, 4.69) is 0 Å². The van der Waals surface area contributed by atoms with Crippen LogP contribution in [0.25, 0.3) is 0 Å². The van der Waals surface area contributed by atoms with Crippen molar-refractivity contribution in [2.24, 2.45) is 0 Å². The third-order valence-electron chi connectivity index (χ3n) is 0.756. The summed E-state index contributed by atoms with van der Waals surface area (Å²) in [5.41, 5.74) is 0. The van der Waals surface area contributed by atoms with Gasteiger partial charge in [-0.25, -0.2) is 0 Å². The van der Waals surface area contributed by atoms with Gasteiger partial charge in [0.1, 0.15) is 5.75 Å². The Morgan fingerprint density at radius 2 is 1.40 bits per heavy atom. The normalized spacial score (nSPS) is 7.80. The van der Waals surface area contributed by atoms with Gasteiger partial charge >= 0.3 is 0 Å². The van der Waals surface area contributed by atoms with E-state index < -0.39 is 10.0 Å². The fourth-order valence-corrected chi connectivity index (χ4v) is 0.428. The van der Waals surface area contributed by atoms with Crippen LogP contribution in [0.3, 0.4) is 0 Å². The zero-order valence-corrected chi connectivity index (χ0v) is 6.85. The van der Waals surface area contributed by atoms with Crippen LogP contribution >= 0.6 is 0 Å². The van der Waals surface area contributed by atoms with Gasteiger partial charge in [0.15, 0.2) is 0 Å². The lowest BCUT2D eigenvalue weighted by molar-refractivity contribution is 0.448. The molecule has 1 aromatic rings. The highest BCUT2D eigenvalue weighted by molar-refractivity contribution is 6.13. The molecule has 0 unspecified atom stereocenters. The molecule has 0 aromatic heterocycles. The molecule has 10 heavy (non-hydrogen) atoms. The molecule has 56 valence electrons. The van der Waals surface area contributed by atoms with Crippen LogP contribution in [0.1, 0.15) is 0 Å². The van der Waals surface area contributed by atoms with Gasteiger partial charge in [0.2, 0.25) is 0 Å². The van der Waals surface area contributed by atoms with Crippen molar-refractivity contribution in [1.29, 1.82) is 0 Å². The number of rotatable bonds is 0. The van der Waals surface area contributed by atoms with Gasteiger partial charge in [0, 0.05) is 0 Å². The maximum atomic E-state index is 8.63. The molecule has 4 heteroatoms. The second kappa shape index (κ2) is 6.28. The molecule has 3 N–H and O–H groups in total. The molecule has 0 spiro atoms. The number of para-hydroxylation sites is 1. The molecular formula is C6H10O3Si. The molecule has 0 aliphatic carbocycles. The molecule has 3 nitrogen and oxygen atoms in total. The Balaban J connectivity index is 0.000000236. The van der Waals surface area contributed by atoms with Crippen LogP contribution in [0.5, 0.6) is 5.75 Å². The summed E-state index contributed by atoms with van der Waals surface area (Å²) in [6, 6.07) is 8.71. The first-order valence-electron chi connectivity index (χ1n) is 2.77. The molecule has 0 atom stereocenters. The van der Waals surface area contributed by atoms with E-state index >= 15 is 0 Å². The first kappa shape index (κ1) is 9.16. The van der Waals surface area contributed by atoms with Crippen molar-refractivity contribution in [1.82, 2.24) is 0 Å². The number of hydrogen-bond acceptors (Lipinski definition) is 3. The Hall–Kier alpha value is -0.843. The van der Waals surface area contributed by atoms with Gasteiger partial charge in [-0.2, -0.15) is 0 Å². The highest BCUT2D eigenvalue weighted by atomic mass is 28.2. The van der Waals surface area contributed by atoms with Crippen LogP contribution in [0.15, 0.2) is 30.3 Å². The third-order valence-corrected chi connectivity index (χ3v) is 0.756. The summed E-state index contributed by atoms with van der Waals surface area (Å²) in [7, 11) is -1.58. The minimum absolute atomic E-state index is 0.322. The Morgan fingerprint density at radius 1 is 1.00 bits per heavy atom. The second-order valence-electron chi connectivity index (χ2n) is 1.48. The maximum Gasteiger partial charge on any atom is 0.299 e. The number of benzene rings is 1. The van der Waals surface area contributed by atoms with Crippen molar-refractivity contribution in [3.05, 3.63) is 30.3 Å². The van der Waals surface area contributed by atoms with Crippen LogP contribution in [-0.2, 0) is 0 Å². The van der Waals surface area contributed by atoms with Gasteiger partial charge in [-0.05, 0) is 12.1 Å². The van der Waals surface area contributed by atoms with Crippen molar-refractivity contribution >= 4 is 10.0 Å². The van der Waals surface area contributed by atoms with E-state index in [1.807, 2.05) is 6.07 Å². The molecule has 0 saturated carbocycles. The molecule has 0 aliphatic rings. The lowest BCUT2D eigenvalue weighted by atomic mass is 10.3. The van der Waals surface area contributed by atoms with E-state index in [0.717, 1.165) is 0 Å². The second-order valence-corrected chi connectivity index (χ2v) is 1.76. The minimum Gasteiger partial charge on any atom is -0.508 e.